The Hall–Kier alpha value is -1.75. The van der Waals surface area contributed by atoms with Crippen LogP contribution in [0, 0.1) is 11.7 Å². The van der Waals surface area contributed by atoms with E-state index in [1.54, 1.807) is 0 Å². The highest BCUT2D eigenvalue weighted by Gasteiger charge is 2.51. The van der Waals surface area contributed by atoms with Crippen molar-refractivity contribution >= 4 is 10.1 Å². The maximum absolute atomic E-state index is 16.5. The van der Waals surface area contributed by atoms with Gasteiger partial charge < -0.3 is 18.9 Å². The molecule has 0 bridgehead atoms. The molecule has 4 heterocycles. The van der Waals surface area contributed by atoms with Crippen molar-refractivity contribution in [2.24, 2.45) is 5.92 Å². The van der Waals surface area contributed by atoms with E-state index >= 15 is 4.39 Å². The van der Waals surface area contributed by atoms with Crippen LogP contribution in [0.15, 0.2) is 15.8 Å². The monoisotopic (exact) mass is 568 g/mol. The quantitative estimate of drug-likeness (QED) is 0.309. The standard InChI is InChI=1S/C23H34F2N2O10S/c1-2-38(30,31)35-13-9-17-15(8-12-32-17)21(36-19-7-3-4-10-33-19)37-23(25)18(6-5-11-34-23)27-14-16(24)20(28)26-22(27)29/h14-15,17-19,21H,2-13H2,1H3,(H,26,28,29). The predicted octanol–water partition coefficient (Wildman–Crippen LogP) is 1.70. The van der Waals surface area contributed by atoms with Gasteiger partial charge in [-0.05, 0) is 51.9 Å². The largest absolute Gasteiger partial charge is 0.378 e. The van der Waals surface area contributed by atoms with Crippen molar-refractivity contribution in [3.05, 3.63) is 32.9 Å². The van der Waals surface area contributed by atoms with E-state index in [0.717, 1.165) is 17.4 Å². The summed E-state index contributed by atoms with van der Waals surface area (Å²) in [5.41, 5.74) is -2.23. The minimum Gasteiger partial charge on any atom is -0.378 e. The van der Waals surface area contributed by atoms with E-state index in [-0.39, 0.29) is 31.8 Å². The molecular weight excluding hydrogens is 534 g/mol. The Morgan fingerprint density at radius 2 is 1.97 bits per heavy atom. The second kappa shape index (κ2) is 12.6. The third kappa shape index (κ3) is 7.06. The van der Waals surface area contributed by atoms with E-state index in [9.17, 15) is 22.4 Å². The summed E-state index contributed by atoms with van der Waals surface area (Å²) in [6, 6.07) is -4.34. The highest BCUT2D eigenvalue weighted by atomic mass is 32.2. The summed E-state index contributed by atoms with van der Waals surface area (Å²) in [5, 5.41) is 0. The molecule has 0 amide bonds. The fraction of sp³-hybridized carbons (Fsp3) is 0.826. The van der Waals surface area contributed by atoms with Gasteiger partial charge in [-0.15, -0.1) is 0 Å². The fourth-order valence-corrected chi connectivity index (χ4v) is 5.37. The normalized spacial score (nSPS) is 31.3. The Bertz CT molecular complexity index is 1160. The summed E-state index contributed by atoms with van der Waals surface area (Å²) in [5.74, 6) is -1.99. The lowest BCUT2D eigenvalue weighted by molar-refractivity contribution is -0.419. The van der Waals surface area contributed by atoms with Crippen molar-refractivity contribution in [1.82, 2.24) is 9.55 Å². The molecule has 0 radical (unpaired) electrons. The molecule has 1 aromatic rings. The molecule has 1 aromatic heterocycles. The summed E-state index contributed by atoms with van der Waals surface area (Å²) in [6.45, 7) is 2.03. The first-order valence-electron chi connectivity index (χ1n) is 12.9. The molecule has 3 fully saturated rings. The van der Waals surface area contributed by atoms with Gasteiger partial charge in [0.15, 0.2) is 12.6 Å². The van der Waals surface area contributed by atoms with Crippen LogP contribution in [-0.4, -0.2) is 74.9 Å². The first-order valence-corrected chi connectivity index (χ1v) is 14.5. The van der Waals surface area contributed by atoms with Gasteiger partial charge in [-0.1, -0.05) is 0 Å². The Balaban J connectivity index is 1.58. The number of ether oxygens (including phenoxy) is 5. The number of H-pyrrole nitrogens is 1. The van der Waals surface area contributed by atoms with Gasteiger partial charge in [-0.3, -0.25) is 23.3 Å². The van der Waals surface area contributed by atoms with Crippen LogP contribution in [0.5, 0.6) is 0 Å². The topological polar surface area (TPSA) is 144 Å². The van der Waals surface area contributed by atoms with Crippen molar-refractivity contribution in [1.29, 1.82) is 0 Å². The SMILES string of the molecule is CCS(=O)(=O)OCCC1OCCC1C(OC1CCCCO1)OC1(F)OCCCC1n1cc(F)c(=O)[nH]c1=O. The van der Waals surface area contributed by atoms with Gasteiger partial charge in [-0.2, -0.15) is 17.2 Å². The molecule has 4 rings (SSSR count). The fourth-order valence-electron chi connectivity index (χ4n) is 4.86. The summed E-state index contributed by atoms with van der Waals surface area (Å²) in [6.07, 6.45) is 1.28. The Labute approximate surface area is 218 Å². The number of halogens is 2. The second-order valence-electron chi connectivity index (χ2n) is 9.47. The molecule has 15 heteroatoms. The number of aromatic nitrogens is 2. The van der Waals surface area contributed by atoms with Gasteiger partial charge in [-0.25, -0.2) is 4.79 Å². The lowest BCUT2D eigenvalue weighted by Crippen LogP contribution is -2.52. The number of aromatic amines is 1. The molecule has 3 saturated heterocycles. The average molecular weight is 569 g/mol. The summed E-state index contributed by atoms with van der Waals surface area (Å²) < 4.78 is 88.5. The highest BCUT2D eigenvalue weighted by Crippen LogP contribution is 2.41. The van der Waals surface area contributed by atoms with Gasteiger partial charge in [0.1, 0.15) is 6.04 Å². The smallest absolute Gasteiger partial charge is 0.344 e. The van der Waals surface area contributed by atoms with E-state index in [0.29, 0.717) is 38.7 Å². The zero-order valence-electron chi connectivity index (χ0n) is 21.1. The minimum absolute atomic E-state index is 0.0342. The molecule has 6 unspecified atom stereocenters. The van der Waals surface area contributed by atoms with Crippen LogP contribution in [0.4, 0.5) is 8.78 Å². The van der Waals surface area contributed by atoms with E-state index in [1.165, 1.54) is 6.92 Å². The van der Waals surface area contributed by atoms with Crippen LogP contribution >= 0.6 is 0 Å². The number of nitrogens with zero attached hydrogens (tertiary/aromatic N) is 1. The Morgan fingerprint density at radius 1 is 1.16 bits per heavy atom. The molecule has 0 spiro atoms. The number of nitrogens with one attached hydrogen (secondary N) is 1. The number of rotatable bonds is 11. The van der Waals surface area contributed by atoms with Gasteiger partial charge in [0.25, 0.3) is 15.7 Å². The first kappa shape index (κ1) is 29.2. The molecule has 0 aromatic carbocycles. The average Bonchev–Trinajstić information content (AvgIpc) is 3.35. The number of hydrogen-bond acceptors (Lipinski definition) is 10. The number of hydrogen-bond donors (Lipinski definition) is 1. The molecule has 0 saturated carbocycles. The molecular formula is C23H34F2N2O10S. The molecule has 3 aliphatic heterocycles. The van der Waals surface area contributed by atoms with Crippen molar-refractivity contribution < 1.29 is 45.1 Å². The van der Waals surface area contributed by atoms with Crippen LogP contribution in [0.1, 0.15) is 57.9 Å². The van der Waals surface area contributed by atoms with Gasteiger partial charge in [0.05, 0.1) is 31.3 Å². The lowest BCUT2D eigenvalue weighted by atomic mass is 9.98. The first-order chi connectivity index (χ1) is 18.1. The summed E-state index contributed by atoms with van der Waals surface area (Å²) >= 11 is 0. The summed E-state index contributed by atoms with van der Waals surface area (Å²) in [4.78, 5) is 25.8. The molecule has 38 heavy (non-hydrogen) atoms. The van der Waals surface area contributed by atoms with Gasteiger partial charge in [0, 0.05) is 19.1 Å². The lowest BCUT2D eigenvalue weighted by Gasteiger charge is -2.41. The Kier molecular flexibility index (Phi) is 9.71. The van der Waals surface area contributed by atoms with E-state index in [1.807, 2.05) is 4.98 Å². The van der Waals surface area contributed by atoms with Crippen LogP contribution in [-0.2, 0) is 38.0 Å². The number of alkyl halides is 1. The maximum Gasteiger partial charge on any atom is 0.344 e. The van der Waals surface area contributed by atoms with Crippen molar-refractivity contribution in [2.75, 3.05) is 32.2 Å². The van der Waals surface area contributed by atoms with Crippen LogP contribution in [0.3, 0.4) is 0 Å². The van der Waals surface area contributed by atoms with E-state index < -0.39 is 63.9 Å². The van der Waals surface area contributed by atoms with Crippen LogP contribution in [0.2, 0.25) is 0 Å². The zero-order valence-corrected chi connectivity index (χ0v) is 22.0. The van der Waals surface area contributed by atoms with Crippen molar-refractivity contribution in [2.45, 2.75) is 82.6 Å². The molecule has 1 N–H and O–H groups in total. The van der Waals surface area contributed by atoms with Crippen LogP contribution in [0.25, 0.3) is 0 Å². The Morgan fingerprint density at radius 3 is 2.71 bits per heavy atom. The highest BCUT2D eigenvalue weighted by molar-refractivity contribution is 7.86. The molecule has 6 atom stereocenters. The van der Waals surface area contributed by atoms with Crippen molar-refractivity contribution in [3.63, 3.8) is 0 Å². The molecule has 12 nitrogen and oxygen atoms in total. The van der Waals surface area contributed by atoms with E-state index in [2.05, 4.69) is 0 Å². The second-order valence-corrected chi connectivity index (χ2v) is 11.4. The summed E-state index contributed by atoms with van der Waals surface area (Å²) in [7, 11) is -3.66. The molecule has 3 aliphatic rings. The third-order valence-corrected chi connectivity index (χ3v) is 8.14. The molecule has 0 aliphatic carbocycles. The van der Waals surface area contributed by atoms with Crippen LogP contribution < -0.4 is 11.2 Å². The minimum atomic E-state index is -3.66. The van der Waals surface area contributed by atoms with Crippen molar-refractivity contribution in [3.8, 4) is 0 Å². The van der Waals surface area contributed by atoms with E-state index in [4.69, 9.17) is 27.9 Å². The predicted molar refractivity (Wildman–Crippen MR) is 127 cm³/mol. The van der Waals surface area contributed by atoms with Gasteiger partial charge in [0.2, 0.25) is 5.82 Å². The van der Waals surface area contributed by atoms with Gasteiger partial charge >= 0.3 is 11.7 Å². The molecule has 216 valence electrons. The maximum atomic E-state index is 16.5. The third-order valence-electron chi connectivity index (χ3n) is 6.91. The zero-order chi connectivity index (χ0) is 27.3.